The molecule has 1 atom stereocenters. The van der Waals surface area contributed by atoms with Crippen molar-refractivity contribution in [1.29, 1.82) is 0 Å². The van der Waals surface area contributed by atoms with E-state index in [4.69, 9.17) is 0 Å². The summed E-state index contributed by atoms with van der Waals surface area (Å²) in [6.45, 7) is 6.75. The van der Waals surface area contributed by atoms with Gasteiger partial charge in [0.25, 0.3) is 5.91 Å². The summed E-state index contributed by atoms with van der Waals surface area (Å²) in [4.78, 5) is 16.8. The molecular formula is C20H25F3N2O. The summed E-state index contributed by atoms with van der Waals surface area (Å²) < 4.78 is 38.7. The van der Waals surface area contributed by atoms with Gasteiger partial charge in [0, 0.05) is 5.56 Å². The fraction of sp³-hybridized carbons (Fsp3) is 0.600. The Balaban J connectivity index is 1.74. The first-order chi connectivity index (χ1) is 12.1. The summed E-state index contributed by atoms with van der Waals surface area (Å²) in [6.07, 6.45) is -0.619. The molecule has 0 aromatic heterocycles. The average molecular weight is 366 g/mol. The number of nitrogens with zero attached hydrogens (tertiary/aromatic N) is 1. The van der Waals surface area contributed by atoms with Crippen LogP contribution in [0.5, 0.6) is 0 Å². The first kappa shape index (κ1) is 18.9. The zero-order valence-electron chi connectivity index (χ0n) is 15.4. The number of amides is 1. The summed E-state index contributed by atoms with van der Waals surface area (Å²) in [7, 11) is 0. The van der Waals surface area contributed by atoms with Crippen molar-refractivity contribution in [2.24, 2.45) is 22.2 Å². The predicted molar refractivity (Wildman–Crippen MR) is 94.8 cm³/mol. The van der Waals surface area contributed by atoms with Gasteiger partial charge >= 0.3 is 6.18 Å². The van der Waals surface area contributed by atoms with Crippen molar-refractivity contribution in [3.05, 3.63) is 35.4 Å². The Morgan fingerprint density at radius 3 is 2.31 bits per heavy atom. The molecule has 3 nitrogen and oxygen atoms in total. The minimum atomic E-state index is -4.43. The van der Waals surface area contributed by atoms with Crippen molar-refractivity contribution < 1.29 is 18.0 Å². The number of hydrogen-bond acceptors (Lipinski definition) is 2. The zero-order chi connectivity index (χ0) is 19.1. The topological polar surface area (TPSA) is 41.5 Å². The lowest BCUT2D eigenvalue weighted by Crippen LogP contribution is -2.38. The number of carbonyl (C=O) groups excluding carboxylic acids is 1. The van der Waals surface area contributed by atoms with Crippen molar-refractivity contribution in [3.8, 4) is 0 Å². The number of rotatable bonds is 2. The molecular weight excluding hydrogens is 341 g/mol. The van der Waals surface area contributed by atoms with Crippen molar-refractivity contribution in [3.63, 3.8) is 0 Å². The number of carbonyl (C=O) groups is 1. The third kappa shape index (κ3) is 3.94. The van der Waals surface area contributed by atoms with E-state index in [1.807, 2.05) is 0 Å². The van der Waals surface area contributed by atoms with E-state index in [0.29, 0.717) is 5.92 Å². The Labute approximate surface area is 152 Å². The van der Waals surface area contributed by atoms with E-state index in [9.17, 15) is 18.0 Å². The fourth-order valence-corrected chi connectivity index (χ4v) is 4.01. The van der Waals surface area contributed by atoms with Gasteiger partial charge in [0.2, 0.25) is 0 Å². The summed E-state index contributed by atoms with van der Waals surface area (Å²) in [5.41, 5.74) is -0.155. The van der Waals surface area contributed by atoms with Gasteiger partial charge < -0.3 is 5.32 Å². The molecule has 1 heterocycles. The first-order valence-electron chi connectivity index (χ1n) is 9.12. The Hall–Kier alpha value is -1.85. The van der Waals surface area contributed by atoms with Crippen LogP contribution in [0.3, 0.4) is 0 Å². The molecule has 1 aliphatic heterocycles. The highest BCUT2D eigenvalue weighted by atomic mass is 19.4. The lowest BCUT2D eigenvalue weighted by atomic mass is 9.69. The molecule has 3 rings (SSSR count). The van der Waals surface area contributed by atoms with Crippen molar-refractivity contribution >= 4 is 11.6 Å². The Morgan fingerprint density at radius 2 is 1.73 bits per heavy atom. The van der Waals surface area contributed by atoms with Crippen molar-refractivity contribution in [2.45, 2.75) is 58.8 Å². The average Bonchev–Trinajstić information content (AvgIpc) is 2.95. The van der Waals surface area contributed by atoms with Gasteiger partial charge in [0.05, 0.1) is 5.56 Å². The second kappa shape index (κ2) is 6.71. The van der Waals surface area contributed by atoms with Crippen LogP contribution < -0.4 is 5.32 Å². The quantitative estimate of drug-likeness (QED) is 0.802. The van der Waals surface area contributed by atoms with E-state index in [1.54, 1.807) is 0 Å². The van der Waals surface area contributed by atoms with Crippen molar-refractivity contribution in [2.75, 3.05) is 0 Å². The van der Waals surface area contributed by atoms with Crippen LogP contribution in [0.2, 0.25) is 0 Å². The first-order valence-corrected chi connectivity index (χ1v) is 9.12. The second-order valence-corrected chi connectivity index (χ2v) is 8.45. The van der Waals surface area contributed by atoms with Crippen LogP contribution in [0, 0.1) is 17.3 Å². The molecule has 2 aliphatic rings. The number of aliphatic imine (C=N–C) groups is 1. The van der Waals surface area contributed by atoms with E-state index in [1.165, 1.54) is 12.1 Å². The molecule has 1 unspecified atom stereocenters. The molecule has 0 radical (unpaired) electrons. The van der Waals surface area contributed by atoms with E-state index >= 15 is 0 Å². The predicted octanol–water partition coefficient (Wildman–Crippen LogP) is 4.80. The molecule has 0 saturated heterocycles. The zero-order valence-corrected chi connectivity index (χ0v) is 15.4. The van der Waals surface area contributed by atoms with Gasteiger partial charge in [-0.15, -0.1) is 0 Å². The second-order valence-electron chi connectivity index (χ2n) is 8.45. The van der Waals surface area contributed by atoms with Crippen LogP contribution in [0.25, 0.3) is 0 Å². The summed E-state index contributed by atoms with van der Waals surface area (Å²) in [5.74, 6) is 0.524. The van der Waals surface area contributed by atoms with Crippen LogP contribution in [-0.4, -0.2) is 17.8 Å². The third-order valence-corrected chi connectivity index (χ3v) is 5.67. The molecule has 6 heteroatoms. The molecule has 1 N–H and O–H groups in total. The van der Waals surface area contributed by atoms with Gasteiger partial charge in [0.15, 0.2) is 0 Å². The normalized spacial score (nSPS) is 27.2. The van der Waals surface area contributed by atoms with Crippen LogP contribution in [0.15, 0.2) is 29.3 Å². The SMILES string of the molecule is CC(C)(C)C1CCC(C2N=C(c3cccc(C(F)(F)F)c3)C(=O)N2)CC1. The van der Waals surface area contributed by atoms with Gasteiger partial charge in [-0.3, -0.25) is 9.79 Å². The molecule has 1 aromatic carbocycles. The third-order valence-electron chi connectivity index (χ3n) is 5.67. The van der Waals surface area contributed by atoms with Crippen molar-refractivity contribution in [1.82, 2.24) is 5.32 Å². The number of nitrogens with one attached hydrogen (secondary N) is 1. The van der Waals surface area contributed by atoms with E-state index in [0.717, 1.165) is 37.8 Å². The molecule has 1 amide bonds. The Bertz CT molecular complexity index is 711. The standard InChI is InChI=1S/C20H25F3N2O/c1-19(2,3)14-9-7-12(8-10-14)17-24-16(18(26)25-17)13-5-4-6-15(11-13)20(21,22)23/h4-6,11-12,14,17H,7-10H2,1-3H3,(H,25,26). The highest BCUT2D eigenvalue weighted by Crippen LogP contribution is 2.41. The van der Waals surface area contributed by atoms with Gasteiger partial charge in [-0.05, 0) is 55.1 Å². The molecule has 26 heavy (non-hydrogen) atoms. The van der Waals surface area contributed by atoms with Crippen LogP contribution >= 0.6 is 0 Å². The molecule has 1 fully saturated rings. The van der Waals surface area contributed by atoms with E-state index in [2.05, 4.69) is 31.1 Å². The maximum absolute atomic E-state index is 12.9. The summed E-state index contributed by atoms with van der Waals surface area (Å²) in [5, 5.41) is 2.86. The Morgan fingerprint density at radius 1 is 1.08 bits per heavy atom. The minimum Gasteiger partial charge on any atom is -0.329 e. The van der Waals surface area contributed by atoms with Gasteiger partial charge in [-0.2, -0.15) is 13.2 Å². The van der Waals surface area contributed by atoms with Gasteiger partial charge in [0.1, 0.15) is 11.9 Å². The number of halogens is 3. The monoisotopic (exact) mass is 366 g/mol. The highest BCUT2D eigenvalue weighted by molar-refractivity contribution is 6.46. The molecule has 1 aliphatic carbocycles. The lowest BCUT2D eigenvalue weighted by Gasteiger charge is -2.38. The number of hydrogen-bond donors (Lipinski definition) is 1. The molecule has 0 spiro atoms. The molecule has 1 saturated carbocycles. The smallest absolute Gasteiger partial charge is 0.329 e. The van der Waals surface area contributed by atoms with E-state index in [-0.39, 0.29) is 34.7 Å². The molecule has 1 aromatic rings. The summed E-state index contributed by atoms with van der Waals surface area (Å²) in [6, 6.07) is 4.82. The lowest BCUT2D eigenvalue weighted by molar-refractivity contribution is -0.137. The maximum atomic E-state index is 12.9. The van der Waals surface area contributed by atoms with Crippen LogP contribution in [-0.2, 0) is 11.0 Å². The van der Waals surface area contributed by atoms with Crippen LogP contribution in [0.1, 0.15) is 57.6 Å². The largest absolute Gasteiger partial charge is 0.416 e. The highest BCUT2D eigenvalue weighted by Gasteiger charge is 2.37. The minimum absolute atomic E-state index is 0.110. The summed E-state index contributed by atoms with van der Waals surface area (Å²) >= 11 is 0. The molecule has 0 bridgehead atoms. The maximum Gasteiger partial charge on any atom is 0.416 e. The van der Waals surface area contributed by atoms with Gasteiger partial charge in [-0.25, -0.2) is 0 Å². The fourth-order valence-electron chi connectivity index (χ4n) is 4.01. The number of benzene rings is 1. The van der Waals surface area contributed by atoms with E-state index < -0.39 is 11.7 Å². The number of alkyl halides is 3. The van der Waals surface area contributed by atoms with Gasteiger partial charge in [-0.1, -0.05) is 32.9 Å². The van der Waals surface area contributed by atoms with Crippen LogP contribution in [0.4, 0.5) is 13.2 Å². The Kier molecular flexibility index (Phi) is 4.88. The molecule has 142 valence electrons.